The van der Waals surface area contributed by atoms with E-state index in [2.05, 4.69) is 5.32 Å². The fourth-order valence-electron chi connectivity index (χ4n) is 1.97. The van der Waals surface area contributed by atoms with Crippen molar-refractivity contribution in [1.29, 1.82) is 0 Å². The Kier molecular flexibility index (Phi) is 7.54. The first-order chi connectivity index (χ1) is 10.0. The predicted molar refractivity (Wildman–Crippen MR) is 84.7 cm³/mol. The van der Waals surface area contributed by atoms with E-state index in [0.29, 0.717) is 23.9 Å². The number of carbonyl (C=O) groups excluding carboxylic acids is 1. The number of hydrogen-bond donors (Lipinski definition) is 2. The molecule has 0 radical (unpaired) electrons. The number of hydrogen-bond acceptors (Lipinski definition) is 3. The van der Waals surface area contributed by atoms with Crippen molar-refractivity contribution in [2.24, 2.45) is 5.41 Å². The zero-order valence-electron chi connectivity index (χ0n) is 12.7. The fourth-order valence-corrected chi connectivity index (χ4v) is 2.15. The summed E-state index contributed by atoms with van der Waals surface area (Å²) in [5.41, 5.74) is -0.219. The molecule has 0 bridgehead atoms. The average molecular weight is 314 g/mol. The monoisotopic (exact) mass is 313 g/mol. The molecular weight excluding hydrogens is 290 g/mol. The third-order valence-corrected chi connectivity index (χ3v) is 4.12. The highest BCUT2D eigenvalue weighted by atomic mass is 35.5. The molecule has 1 aromatic rings. The maximum Gasteiger partial charge on any atom is 0.223 e. The Morgan fingerprint density at radius 2 is 2.10 bits per heavy atom. The fraction of sp³-hybridized carbons (Fsp3) is 0.562. The summed E-state index contributed by atoms with van der Waals surface area (Å²) in [5.74, 6) is 0.582. The highest BCUT2D eigenvalue weighted by molar-refractivity contribution is 6.30. The van der Waals surface area contributed by atoms with Gasteiger partial charge in [0.25, 0.3) is 0 Å². The normalized spacial score (nSPS) is 11.2. The van der Waals surface area contributed by atoms with Gasteiger partial charge in [0.2, 0.25) is 5.91 Å². The van der Waals surface area contributed by atoms with Gasteiger partial charge < -0.3 is 15.2 Å². The number of rotatable bonds is 9. The van der Waals surface area contributed by atoms with Gasteiger partial charge in [-0.3, -0.25) is 4.79 Å². The zero-order chi connectivity index (χ0) is 15.7. The van der Waals surface area contributed by atoms with E-state index in [9.17, 15) is 9.90 Å². The second-order valence-corrected chi connectivity index (χ2v) is 5.63. The van der Waals surface area contributed by atoms with Crippen molar-refractivity contribution in [3.8, 4) is 5.75 Å². The lowest BCUT2D eigenvalue weighted by molar-refractivity contribution is -0.122. The van der Waals surface area contributed by atoms with Gasteiger partial charge in [-0.25, -0.2) is 0 Å². The summed E-state index contributed by atoms with van der Waals surface area (Å²) in [6.45, 7) is 4.92. The van der Waals surface area contributed by atoms with Gasteiger partial charge in [0, 0.05) is 17.0 Å². The number of halogens is 1. The average Bonchev–Trinajstić information content (AvgIpc) is 2.49. The van der Waals surface area contributed by atoms with Gasteiger partial charge >= 0.3 is 0 Å². The first kappa shape index (κ1) is 17.8. The minimum absolute atomic E-state index is 0.0725. The molecule has 5 heteroatoms. The summed E-state index contributed by atoms with van der Waals surface area (Å²) in [6, 6.07) is 7.08. The molecule has 0 fully saturated rings. The van der Waals surface area contributed by atoms with E-state index in [4.69, 9.17) is 16.3 Å². The van der Waals surface area contributed by atoms with E-state index < -0.39 is 0 Å². The van der Waals surface area contributed by atoms with Gasteiger partial charge in [-0.15, -0.1) is 0 Å². The Morgan fingerprint density at radius 3 is 2.67 bits per heavy atom. The Balaban J connectivity index is 2.31. The minimum atomic E-state index is -0.219. The van der Waals surface area contributed by atoms with Crippen molar-refractivity contribution >= 4 is 17.5 Å². The van der Waals surface area contributed by atoms with E-state index in [1.165, 1.54) is 0 Å². The number of aliphatic hydroxyl groups excluding tert-OH is 1. The third-order valence-electron chi connectivity index (χ3n) is 3.89. The molecule has 0 heterocycles. The Labute approximate surface area is 131 Å². The summed E-state index contributed by atoms with van der Waals surface area (Å²) >= 11 is 5.85. The van der Waals surface area contributed by atoms with Crippen LogP contribution in [0.25, 0.3) is 0 Å². The second kappa shape index (κ2) is 8.90. The lowest BCUT2D eigenvalue weighted by Gasteiger charge is -2.29. The van der Waals surface area contributed by atoms with E-state index in [1.54, 1.807) is 24.3 Å². The van der Waals surface area contributed by atoms with Crippen LogP contribution in [0.15, 0.2) is 24.3 Å². The third kappa shape index (κ3) is 5.94. The number of nitrogens with one attached hydrogen (secondary N) is 1. The molecule has 1 rings (SSSR count). The molecule has 0 unspecified atom stereocenters. The quantitative estimate of drug-likeness (QED) is 0.737. The topological polar surface area (TPSA) is 58.6 Å². The molecule has 0 aliphatic heterocycles. The standard InChI is InChI=1S/C16H24ClNO3/c1-3-16(4-2,12-19)11-18-15(20)8-9-21-14-7-5-6-13(17)10-14/h5-7,10,19H,3-4,8-9,11-12H2,1-2H3,(H,18,20). The van der Waals surface area contributed by atoms with Crippen LogP contribution < -0.4 is 10.1 Å². The molecule has 0 aliphatic rings. The van der Waals surface area contributed by atoms with Crippen molar-refractivity contribution in [2.75, 3.05) is 19.8 Å². The van der Waals surface area contributed by atoms with Crippen molar-refractivity contribution in [3.63, 3.8) is 0 Å². The highest BCUT2D eigenvalue weighted by Crippen LogP contribution is 2.24. The molecular formula is C16H24ClNO3. The Hall–Kier alpha value is -1.26. The number of aliphatic hydroxyl groups is 1. The largest absolute Gasteiger partial charge is 0.493 e. The van der Waals surface area contributed by atoms with Crippen LogP contribution in [0.2, 0.25) is 5.02 Å². The molecule has 0 atom stereocenters. The van der Waals surface area contributed by atoms with Crippen LogP contribution in [0.3, 0.4) is 0 Å². The van der Waals surface area contributed by atoms with Crippen LogP contribution in [0.4, 0.5) is 0 Å². The number of ether oxygens (including phenoxy) is 1. The first-order valence-electron chi connectivity index (χ1n) is 7.31. The summed E-state index contributed by atoms with van der Waals surface area (Å²) < 4.78 is 5.47. The van der Waals surface area contributed by atoms with E-state index >= 15 is 0 Å². The zero-order valence-corrected chi connectivity index (χ0v) is 13.4. The van der Waals surface area contributed by atoms with Crippen LogP contribution in [0, 0.1) is 5.41 Å². The van der Waals surface area contributed by atoms with Crippen LogP contribution in [0.1, 0.15) is 33.1 Å². The van der Waals surface area contributed by atoms with E-state index in [-0.39, 0.29) is 24.3 Å². The molecule has 118 valence electrons. The summed E-state index contributed by atoms with van der Waals surface area (Å²) in [4.78, 5) is 11.8. The van der Waals surface area contributed by atoms with Gasteiger partial charge in [-0.05, 0) is 31.0 Å². The van der Waals surface area contributed by atoms with Crippen LogP contribution in [-0.2, 0) is 4.79 Å². The van der Waals surface area contributed by atoms with Gasteiger partial charge in [0.05, 0.1) is 19.6 Å². The smallest absolute Gasteiger partial charge is 0.223 e. The summed E-state index contributed by atoms with van der Waals surface area (Å²) in [7, 11) is 0. The number of benzene rings is 1. The molecule has 1 amide bonds. The van der Waals surface area contributed by atoms with Crippen LogP contribution in [-0.4, -0.2) is 30.8 Å². The highest BCUT2D eigenvalue weighted by Gasteiger charge is 2.25. The summed E-state index contributed by atoms with van der Waals surface area (Å²) in [5, 5.41) is 12.9. The first-order valence-corrected chi connectivity index (χ1v) is 7.69. The van der Waals surface area contributed by atoms with Gasteiger partial charge in [-0.2, -0.15) is 0 Å². The maximum atomic E-state index is 11.8. The predicted octanol–water partition coefficient (Wildman–Crippen LogP) is 3.02. The lowest BCUT2D eigenvalue weighted by atomic mass is 9.83. The molecule has 4 nitrogen and oxygen atoms in total. The summed E-state index contributed by atoms with van der Waals surface area (Å²) in [6.07, 6.45) is 1.94. The molecule has 0 saturated heterocycles. The molecule has 0 spiro atoms. The SMILES string of the molecule is CCC(CC)(CO)CNC(=O)CCOc1cccc(Cl)c1. The Bertz CT molecular complexity index is 439. The maximum absolute atomic E-state index is 11.8. The Morgan fingerprint density at radius 1 is 1.38 bits per heavy atom. The van der Waals surface area contributed by atoms with E-state index in [0.717, 1.165) is 12.8 Å². The lowest BCUT2D eigenvalue weighted by Crippen LogP contribution is -2.39. The van der Waals surface area contributed by atoms with Gasteiger partial charge in [0.15, 0.2) is 0 Å². The molecule has 2 N–H and O–H groups in total. The van der Waals surface area contributed by atoms with Crippen molar-refractivity contribution < 1.29 is 14.6 Å². The van der Waals surface area contributed by atoms with Crippen LogP contribution >= 0.6 is 11.6 Å². The van der Waals surface area contributed by atoms with Crippen molar-refractivity contribution in [3.05, 3.63) is 29.3 Å². The second-order valence-electron chi connectivity index (χ2n) is 5.20. The molecule has 0 aromatic heterocycles. The molecule has 0 saturated carbocycles. The van der Waals surface area contributed by atoms with Gasteiger partial charge in [-0.1, -0.05) is 31.5 Å². The molecule has 1 aromatic carbocycles. The van der Waals surface area contributed by atoms with Crippen LogP contribution in [0.5, 0.6) is 5.75 Å². The van der Waals surface area contributed by atoms with Crippen molar-refractivity contribution in [1.82, 2.24) is 5.32 Å². The van der Waals surface area contributed by atoms with Crippen molar-refractivity contribution in [2.45, 2.75) is 33.1 Å². The molecule has 0 aliphatic carbocycles. The minimum Gasteiger partial charge on any atom is -0.493 e. The number of carbonyl (C=O) groups is 1. The van der Waals surface area contributed by atoms with E-state index in [1.807, 2.05) is 13.8 Å². The van der Waals surface area contributed by atoms with Gasteiger partial charge in [0.1, 0.15) is 5.75 Å². The molecule has 21 heavy (non-hydrogen) atoms. The number of amides is 1.